The second kappa shape index (κ2) is 11.2. The highest BCUT2D eigenvalue weighted by Crippen LogP contribution is 2.46. The zero-order chi connectivity index (χ0) is 24.3. The van der Waals surface area contributed by atoms with Crippen molar-refractivity contribution in [1.82, 2.24) is 0 Å². The van der Waals surface area contributed by atoms with Gasteiger partial charge in [0.25, 0.3) is 0 Å². The molecule has 192 valence electrons. The summed E-state index contributed by atoms with van der Waals surface area (Å²) in [6, 6.07) is 2.52. The minimum Gasteiger partial charge on any atom is -0.465 e. The number of rotatable bonds is 7. The highest BCUT2D eigenvalue weighted by Gasteiger charge is 2.38. The molecular weight excluding hydrogens is 456 g/mol. The van der Waals surface area contributed by atoms with E-state index in [-0.39, 0.29) is 24.7 Å². The molecule has 4 nitrogen and oxygen atoms in total. The Morgan fingerprint density at radius 1 is 1.03 bits per heavy atom. The molecule has 3 aliphatic carbocycles. The summed E-state index contributed by atoms with van der Waals surface area (Å²) in [5.74, 6) is -1.34. The molecule has 1 aromatic heterocycles. The second-order valence-corrected chi connectivity index (χ2v) is 12.0. The van der Waals surface area contributed by atoms with Crippen molar-refractivity contribution in [3.05, 3.63) is 15.8 Å². The molecule has 0 saturated heterocycles. The maximum Gasteiger partial charge on any atom is 0.350 e. The van der Waals surface area contributed by atoms with E-state index in [1.165, 1.54) is 44.1 Å². The van der Waals surface area contributed by atoms with E-state index in [2.05, 4.69) is 17.9 Å². The Labute approximate surface area is 207 Å². The fraction of sp³-hybridized carbons (Fsp3) is 0.815. The molecule has 1 aromatic rings. The van der Waals surface area contributed by atoms with Crippen LogP contribution in [-0.4, -0.2) is 44.8 Å². The number of ether oxygens (including phenoxy) is 2. The highest BCUT2D eigenvalue weighted by atomic mass is 32.1. The maximum atomic E-state index is 13.8. The molecule has 4 rings (SSSR count). The summed E-state index contributed by atoms with van der Waals surface area (Å²) in [6.07, 6.45) is 10.3. The number of anilines is 1. The number of halogens is 2. The lowest BCUT2D eigenvalue weighted by Gasteiger charge is -2.41. The minimum absolute atomic E-state index is 0.0660. The van der Waals surface area contributed by atoms with Gasteiger partial charge in [-0.3, -0.25) is 0 Å². The smallest absolute Gasteiger partial charge is 0.350 e. The lowest BCUT2D eigenvalue weighted by Crippen LogP contribution is -2.43. The van der Waals surface area contributed by atoms with Crippen LogP contribution in [-0.2, 0) is 9.47 Å². The van der Waals surface area contributed by atoms with E-state index in [0.29, 0.717) is 35.8 Å². The SMILES string of the molecule is COC(=O)c1sc(C2CCC(F)(F)CC2)cc1N(CC1CCC(C)CC1)C1CCC(OC)CC1. The minimum atomic E-state index is -2.55. The van der Waals surface area contributed by atoms with Gasteiger partial charge in [0.15, 0.2) is 0 Å². The number of carbonyl (C=O) groups excluding carboxylic acids is 1. The van der Waals surface area contributed by atoms with Gasteiger partial charge in [0.05, 0.1) is 18.9 Å². The van der Waals surface area contributed by atoms with Gasteiger partial charge >= 0.3 is 5.97 Å². The number of alkyl halides is 2. The van der Waals surface area contributed by atoms with Crippen molar-refractivity contribution < 1.29 is 23.0 Å². The Hall–Kier alpha value is -1.21. The Morgan fingerprint density at radius 2 is 1.68 bits per heavy atom. The molecule has 0 amide bonds. The van der Waals surface area contributed by atoms with Gasteiger partial charge < -0.3 is 14.4 Å². The van der Waals surface area contributed by atoms with E-state index < -0.39 is 5.92 Å². The normalized spacial score (nSPS) is 30.1. The summed E-state index contributed by atoms with van der Waals surface area (Å²) < 4.78 is 38.4. The maximum absolute atomic E-state index is 13.8. The van der Waals surface area contributed by atoms with Crippen molar-refractivity contribution >= 4 is 23.0 Å². The van der Waals surface area contributed by atoms with Gasteiger partial charge in [0.1, 0.15) is 4.88 Å². The first-order valence-electron chi connectivity index (χ1n) is 13.2. The Balaban J connectivity index is 1.61. The lowest BCUT2D eigenvalue weighted by atomic mass is 9.82. The van der Waals surface area contributed by atoms with E-state index in [0.717, 1.165) is 48.7 Å². The molecule has 0 bridgehead atoms. The van der Waals surface area contributed by atoms with Gasteiger partial charge in [-0.25, -0.2) is 13.6 Å². The third-order valence-electron chi connectivity index (χ3n) is 8.54. The molecule has 34 heavy (non-hydrogen) atoms. The zero-order valence-corrected chi connectivity index (χ0v) is 21.8. The van der Waals surface area contributed by atoms with Crippen molar-refractivity contribution in [2.45, 2.75) is 108 Å². The fourth-order valence-corrected chi connectivity index (χ4v) is 7.46. The van der Waals surface area contributed by atoms with Gasteiger partial charge in [-0.15, -0.1) is 11.3 Å². The van der Waals surface area contributed by atoms with Crippen LogP contribution < -0.4 is 4.90 Å². The van der Waals surface area contributed by atoms with Crippen LogP contribution in [0.25, 0.3) is 0 Å². The van der Waals surface area contributed by atoms with Gasteiger partial charge in [-0.2, -0.15) is 0 Å². The quantitative estimate of drug-likeness (QED) is 0.368. The van der Waals surface area contributed by atoms with E-state index in [1.807, 2.05) is 0 Å². The third kappa shape index (κ3) is 6.13. The van der Waals surface area contributed by atoms with Crippen LogP contribution in [0.15, 0.2) is 6.07 Å². The largest absolute Gasteiger partial charge is 0.465 e. The van der Waals surface area contributed by atoms with Crippen molar-refractivity contribution in [2.24, 2.45) is 11.8 Å². The standard InChI is InChI=1S/C27H41F2NO3S/c1-18-4-6-19(7-5-18)17-30(21-8-10-22(32-2)11-9-21)23-16-24(34-25(23)26(31)33-3)20-12-14-27(28,29)15-13-20/h16,18-22H,4-15,17H2,1-3H3. The van der Waals surface area contributed by atoms with Crippen molar-refractivity contribution in [3.8, 4) is 0 Å². The molecule has 0 aromatic carbocycles. The third-order valence-corrected chi connectivity index (χ3v) is 9.81. The van der Waals surface area contributed by atoms with Crippen molar-refractivity contribution in [2.75, 3.05) is 25.7 Å². The molecule has 0 N–H and O–H groups in total. The number of hydrogen-bond donors (Lipinski definition) is 0. The summed E-state index contributed by atoms with van der Waals surface area (Å²) in [5.41, 5.74) is 0.976. The summed E-state index contributed by atoms with van der Waals surface area (Å²) in [6.45, 7) is 3.30. The molecule has 0 atom stereocenters. The predicted molar refractivity (Wildman–Crippen MR) is 133 cm³/mol. The summed E-state index contributed by atoms with van der Waals surface area (Å²) in [4.78, 5) is 17.1. The first-order valence-corrected chi connectivity index (χ1v) is 14.0. The molecule has 0 aliphatic heterocycles. The van der Waals surface area contributed by atoms with Crippen molar-refractivity contribution in [1.29, 1.82) is 0 Å². The summed E-state index contributed by atoms with van der Waals surface area (Å²) in [5, 5.41) is 0. The van der Waals surface area contributed by atoms with Crippen LogP contribution in [0.4, 0.5) is 14.5 Å². The first kappa shape index (κ1) is 25.9. The van der Waals surface area contributed by atoms with Gasteiger partial charge in [-0.1, -0.05) is 19.8 Å². The topological polar surface area (TPSA) is 38.8 Å². The fourth-order valence-electron chi connectivity index (χ4n) is 6.20. The Bertz CT molecular complexity index is 803. The average Bonchev–Trinajstić information content (AvgIpc) is 3.28. The molecule has 0 spiro atoms. The summed E-state index contributed by atoms with van der Waals surface area (Å²) >= 11 is 1.47. The van der Waals surface area contributed by atoms with Crippen LogP contribution in [0.5, 0.6) is 0 Å². The van der Waals surface area contributed by atoms with Gasteiger partial charge in [0.2, 0.25) is 5.92 Å². The average molecular weight is 498 g/mol. The number of hydrogen-bond acceptors (Lipinski definition) is 5. The monoisotopic (exact) mass is 497 g/mol. The number of thiophene rings is 1. The highest BCUT2D eigenvalue weighted by molar-refractivity contribution is 7.14. The van der Waals surface area contributed by atoms with Crippen LogP contribution in [0.2, 0.25) is 0 Å². The lowest BCUT2D eigenvalue weighted by molar-refractivity contribution is -0.0379. The predicted octanol–water partition coefficient (Wildman–Crippen LogP) is 7.42. The van der Waals surface area contributed by atoms with E-state index in [1.54, 1.807) is 7.11 Å². The van der Waals surface area contributed by atoms with Crippen LogP contribution in [0, 0.1) is 11.8 Å². The van der Waals surface area contributed by atoms with Crippen LogP contribution in [0.3, 0.4) is 0 Å². The van der Waals surface area contributed by atoms with Gasteiger partial charge in [-0.05, 0) is 75.2 Å². The van der Waals surface area contributed by atoms with Crippen LogP contribution in [0.1, 0.15) is 104 Å². The van der Waals surface area contributed by atoms with Crippen LogP contribution >= 0.6 is 11.3 Å². The summed E-state index contributed by atoms with van der Waals surface area (Å²) in [7, 11) is 3.23. The molecule has 3 fully saturated rings. The molecule has 7 heteroatoms. The van der Waals surface area contributed by atoms with Gasteiger partial charge in [0, 0.05) is 37.4 Å². The molecule has 1 heterocycles. The number of carbonyl (C=O) groups is 1. The molecule has 0 radical (unpaired) electrons. The van der Waals surface area contributed by atoms with E-state index >= 15 is 0 Å². The Kier molecular flexibility index (Phi) is 8.55. The number of methoxy groups -OCH3 is 2. The first-order chi connectivity index (χ1) is 16.3. The molecule has 3 aliphatic rings. The van der Waals surface area contributed by atoms with Crippen molar-refractivity contribution in [3.63, 3.8) is 0 Å². The molecule has 0 unspecified atom stereocenters. The second-order valence-electron chi connectivity index (χ2n) is 10.9. The number of esters is 1. The molecular formula is C27H41F2NO3S. The Morgan fingerprint density at radius 3 is 2.26 bits per heavy atom. The number of nitrogens with zero attached hydrogens (tertiary/aromatic N) is 1. The van der Waals surface area contributed by atoms with E-state index in [9.17, 15) is 13.6 Å². The molecule has 3 saturated carbocycles. The zero-order valence-electron chi connectivity index (χ0n) is 21.0. The van der Waals surface area contributed by atoms with E-state index in [4.69, 9.17) is 9.47 Å².